The number of furan rings is 1. The van der Waals surface area contributed by atoms with Crippen LogP contribution in [0, 0.1) is 6.92 Å². The molecule has 1 atom stereocenters. The average molecular weight is 428 g/mol. The number of ether oxygens (including phenoxy) is 2. The number of methoxy groups -OCH3 is 2. The highest BCUT2D eigenvalue weighted by atomic mass is 16.7. The minimum absolute atomic E-state index is 0.164. The highest BCUT2D eigenvalue weighted by molar-refractivity contribution is 5.91. The summed E-state index contributed by atoms with van der Waals surface area (Å²) in [5.74, 6) is 0.802. The molecule has 1 aliphatic carbocycles. The molecule has 0 spiro atoms. The Hall–Kier alpha value is -2.11. The maximum Gasteiger partial charge on any atom is 0.287 e. The van der Waals surface area contributed by atoms with Crippen LogP contribution in [0.5, 0.6) is 0 Å². The molecule has 0 saturated carbocycles. The summed E-state index contributed by atoms with van der Waals surface area (Å²) in [5, 5.41) is 2.86. The molecule has 5 heteroatoms. The van der Waals surface area contributed by atoms with E-state index < -0.39 is 6.29 Å². The number of aryl methyl sites for hydroxylation is 1. The molecule has 0 saturated heterocycles. The first-order valence-electron chi connectivity index (χ1n) is 11.1. The zero-order valence-electron chi connectivity index (χ0n) is 20.2. The maximum atomic E-state index is 12.6. The lowest BCUT2D eigenvalue weighted by Crippen LogP contribution is -2.42. The molecule has 0 bridgehead atoms. The van der Waals surface area contributed by atoms with Gasteiger partial charge in [-0.3, -0.25) is 4.79 Å². The lowest BCUT2D eigenvalue weighted by Gasteiger charge is -2.42. The molecule has 1 amide bonds. The van der Waals surface area contributed by atoms with Crippen LogP contribution in [0.2, 0.25) is 0 Å². The van der Waals surface area contributed by atoms with E-state index >= 15 is 0 Å². The Morgan fingerprint density at radius 3 is 2.23 bits per heavy atom. The van der Waals surface area contributed by atoms with Crippen molar-refractivity contribution in [2.75, 3.05) is 14.2 Å². The van der Waals surface area contributed by atoms with Gasteiger partial charge in [-0.25, -0.2) is 0 Å². The number of rotatable bonds is 7. The van der Waals surface area contributed by atoms with Crippen molar-refractivity contribution in [3.05, 3.63) is 58.0 Å². The van der Waals surface area contributed by atoms with Crippen LogP contribution >= 0.6 is 0 Å². The van der Waals surface area contributed by atoms with Crippen molar-refractivity contribution in [3.8, 4) is 0 Å². The van der Waals surface area contributed by atoms with E-state index in [1.54, 1.807) is 20.3 Å². The lowest BCUT2D eigenvalue weighted by atomic mass is 9.62. The molecule has 1 heterocycles. The Balaban J connectivity index is 1.80. The van der Waals surface area contributed by atoms with E-state index in [1.165, 1.54) is 35.1 Å². The largest absolute Gasteiger partial charge is 0.456 e. The standard InChI is InChI=1S/C26H37NO4/c1-16-13-20-21(26(5,6)12-11-25(20,3)4)15-18(16)14-19-9-10-22(31-19)23(28)27-17(2)24(29-7)30-8/h9-10,13,15,17,24H,11-12,14H2,1-8H3,(H,27,28). The van der Waals surface area contributed by atoms with E-state index in [-0.39, 0.29) is 22.8 Å². The predicted molar refractivity (Wildman–Crippen MR) is 123 cm³/mol. The number of carbonyl (C=O) groups excluding carboxylic acids is 1. The van der Waals surface area contributed by atoms with Crippen LogP contribution in [0.25, 0.3) is 0 Å². The van der Waals surface area contributed by atoms with Crippen LogP contribution in [0.3, 0.4) is 0 Å². The van der Waals surface area contributed by atoms with Gasteiger partial charge in [-0.05, 0) is 71.9 Å². The lowest BCUT2D eigenvalue weighted by molar-refractivity contribution is -0.117. The van der Waals surface area contributed by atoms with E-state index in [0.29, 0.717) is 12.2 Å². The normalized spacial score (nSPS) is 18.0. The van der Waals surface area contributed by atoms with E-state index in [2.05, 4.69) is 52.1 Å². The highest BCUT2D eigenvalue weighted by Gasteiger charge is 2.37. The van der Waals surface area contributed by atoms with E-state index in [1.807, 2.05) is 13.0 Å². The topological polar surface area (TPSA) is 60.7 Å². The zero-order valence-corrected chi connectivity index (χ0v) is 20.2. The van der Waals surface area contributed by atoms with Crippen molar-refractivity contribution in [3.63, 3.8) is 0 Å². The SMILES string of the molecule is COC(OC)C(C)NC(=O)c1ccc(Cc2cc3c(cc2C)C(C)(C)CCC3(C)C)o1. The molecule has 170 valence electrons. The third kappa shape index (κ3) is 4.88. The molecule has 1 aliphatic rings. The molecule has 0 fully saturated rings. The Bertz CT molecular complexity index is 937. The van der Waals surface area contributed by atoms with Gasteiger partial charge in [0.1, 0.15) is 5.76 Å². The summed E-state index contributed by atoms with van der Waals surface area (Å²) in [6.07, 6.45) is 2.54. The van der Waals surface area contributed by atoms with Gasteiger partial charge in [0, 0.05) is 20.6 Å². The second kappa shape index (κ2) is 8.79. The average Bonchev–Trinajstić information content (AvgIpc) is 3.16. The second-order valence-corrected chi connectivity index (χ2v) is 10.1. The van der Waals surface area contributed by atoms with E-state index in [4.69, 9.17) is 13.9 Å². The smallest absolute Gasteiger partial charge is 0.287 e. The molecule has 31 heavy (non-hydrogen) atoms. The molecule has 1 aromatic heterocycles. The van der Waals surface area contributed by atoms with Gasteiger partial charge in [0.2, 0.25) is 0 Å². The number of nitrogens with one attached hydrogen (secondary N) is 1. The molecule has 5 nitrogen and oxygen atoms in total. The zero-order chi connectivity index (χ0) is 23.0. The molecular weight excluding hydrogens is 390 g/mol. The molecule has 0 aliphatic heterocycles. The van der Waals surface area contributed by atoms with Crippen LogP contribution in [0.15, 0.2) is 28.7 Å². The van der Waals surface area contributed by atoms with Gasteiger partial charge in [-0.15, -0.1) is 0 Å². The number of amides is 1. The summed E-state index contributed by atoms with van der Waals surface area (Å²) in [4.78, 5) is 12.6. The molecule has 0 radical (unpaired) electrons. The number of fused-ring (bicyclic) bond motifs is 1. The van der Waals surface area contributed by atoms with Gasteiger partial charge in [0.05, 0.1) is 6.04 Å². The molecule has 1 aromatic carbocycles. The monoisotopic (exact) mass is 427 g/mol. The predicted octanol–water partition coefficient (Wildman–Crippen LogP) is 5.27. The van der Waals surface area contributed by atoms with Gasteiger partial charge >= 0.3 is 0 Å². The van der Waals surface area contributed by atoms with Crippen molar-refractivity contribution in [1.82, 2.24) is 5.32 Å². The fourth-order valence-corrected chi connectivity index (χ4v) is 4.59. The first-order valence-corrected chi connectivity index (χ1v) is 11.1. The second-order valence-electron chi connectivity index (χ2n) is 10.1. The minimum atomic E-state index is -0.510. The quantitative estimate of drug-likeness (QED) is 0.612. The number of carbonyl (C=O) groups is 1. The molecule has 2 aromatic rings. The van der Waals surface area contributed by atoms with Crippen molar-refractivity contribution in [2.45, 2.75) is 84.0 Å². The van der Waals surface area contributed by atoms with Crippen molar-refractivity contribution in [2.24, 2.45) is 0 Å². The number of hydrogen-bond acceptors (Lipinski definition) is 4. The van der Waals surface area contributed by atoms with Crippen LogP contribution in [0.4, 0.5) is 0 Å². The Labute approximate surface area is 186 Å². The van der Waals surface area contributed by atoms with Crippen LogP contribution in [-0.4, -0.2) is 32.5 Å². The summed E-state index contributed by atoms with van der Waals surface area (Å²) < 4.78 is 16.3. The molecular formula is C26H37NO4. The molecule has 1 unspecified atom stereocenters. The van der Waals surface area contributed by atoms with E-state index in [0.717, 1.165) is 5.76 Å². The number of hydrogen-bond donors (Lipinski definition) is 1. The minimum Gasteiger partial charge on any atom is -0.456 e. The van der Waals surface area contributed by atoms with Crippen molar-refractivity contribution >= 4 is 5.91 Å². The fraction of sp³-hybridized carbons (Fsp3) is 0.577. The van der Waals surface area contributed by atoms with Gasteiger partial charge in [0.15, 0.2) is 12.1 Å². The highest BCUT2D eigenvalue weighted by Crippen LogP contribution is 2.46. The van der Waals surface area contributed by atoms with Gasteiger partial charge in [0.25, 0.3) is 5.91 Å². The summed E-state index contributed by atoms with van der Waals surface area (Å²) in [6.45, 7) is 13.4. The number of benzene rings is 1. The van der Waals surface area contributed by atoms with Gasteiger partial charge in [-0.1, -0.05) is 39.8 Å². The first-order chi connectivity index (χ1) is 14.5. The molecule has 3 rings (SSSR count). The third-order valence-corrected chi connectivity index (χ3v) is 6.79. The summed E-state index contributed by atoms with van der Waals surface area (Å²) in [6, 6.07) is 8.03. The third-order valence-electron chi connectivity index (χ3n) is 6.79. The maximum absolute atomic E-state index is 12.6. The van der Waals surface area contributed by atoms with Crippen molar-refractivity contribution in [1.29, 1.82) is 0 Å². The van der Waals surface area contributed by atoms with Crippen LogP contribution in [-0.2, 0) is 26.7 Å². The fourth-order valence-electron chi connectivity index (χ4n) is 4.59. The van der Waals surface area contributed by atoms with Crippen molar-refractivity contribution < 1.29 is 18.7 Å². The molecule has 1 N–H and O–H groups in total. The first kappa shape index (κ1) is 23.6. The summed E-state index contributed by atoms with van der Waals surface area (Å²) in [5.41, 5.74) is 5.78. The Morgan fingerprint density at radius 1 is 1.06 bits per heavy atom. The summed E-state index contributed by atoms with van der Waals surface area (Å²) >= 11 is 0. The van der Waals surface area contributed by atoms with Gasteiger partial charge < -0.3 is 19.2 Å². The van der Waals surface area contributed by atoms with E-state index in [9.17, 15) is 4.79 Å². The Kier molecular flexibility index (Phi) is 6.68. The summed E-state index contributed by atoms with van der Waals surface area (Å²) in [7, 11) is 3.09. The van der Waals surface area contributed by atoms with Crippen LogP contribution < -0.4 is 5.32 Å². The van der Waals surface area contributed by atoms with Gasteiger partial charge in [-0.2, -0.15) is 0 Å². The Morgan fingerprint density at radius 2 is 1.65 bits per heavy atom. The van der Waals surface area contributed by atoms with Crippen LogP contribution in [0.1, 0.15) is 86.0 Å².